The fourth-order valence-electron chi connectivity index (χ4n) is 3.32. The molecule has 0 spiro atoms. The number of nitrogens with one attached hydrogen (secondary N) is 2. The van der Waals surface area contributed by atoms with Crippen LogP contribution in [0.2, 0.25) is 0 Å². The summed E-state index contributed by atoms with van der Waals surface area (Å²) < 4.78 is 0. The molecule has 7 heteroatoms. The average Bonchev–Trinajstić information content (AvgIpc) is 2.77. The highest BCUT2D eigenvalue weighted by molar-refractivity contribution is 5.81. The van der Waals surface area contributed by atoms with E-state index in [9.17, 15) is 14.7 Å². The van der Waals surface area contributed by atoms with Gasteiger partial charge in [0.15, 0.2) is 0 Å². The maximum Gasteiger partial charge on any atom is 0.250 e. The average molecular weight is 441 g/mol. The molecular formula is C25H36N4O3. The number of carbonyl (C=O) groups excluding carboxylic acids is 2. The minimum absolute atomic E-state index is 0.127. The molecule has 7 nitrogen and oxygen atoms in total. The van der Waals surface area contributed by atoms with Gasteiger partial charge in [-0.15, -0.1) is 0 Å². The van der Waals surface area contributed by atoms with Crippen LogP contribution >= 0.6 is 0 Å². The maximum atomic E-state index is 12.3. The number of amides is 2. The Balaban J connectivity index is 1.71. The van der Waals surface area contributed by atoms with E-state index in [0.29, 0.717) is 19.4 Å². The van der Waals surface area contributed by atoms with Gasteiger partial charge in [0.2, 0.25) is 11.8 Å². The molecule has 0 bridgehead atoms. The van der Waals surface area contributed by atoms with E-state index in [1.165, 1.54) is 0 Å². The van der Waals surface area contributed by atoms with Crippen molar-refractivity contribution in [2.75, 3.05) is 13.1 Å². The molecule has 0 heterocycles. The van der Waals surface area contributed by atoms with E-state index in [4.69, 9.17) is 11.5 Å². The number of nitrogens with two attached hydrogens (primary N) is 2. The first-order chi connectivity index (χ1) is 15.2. The topological polar surface area (TPSA) is 130 Å². The number of hydrogen-bond acceptors (Lipinski definition) is 5. The molecule has 0 saturated carbocycles. The van der Waals surface area contributed by atoms with Gasteiger partial charge in [0, 0.05) is 31.6 Å². The van der Waals surface area contributed by atoms with Crippen LogP contribution in [0.1, 0.15) is 31.4 Å². The molecule has 2 amide bonds. The number of carbonyl (C=O) groups is 2. The molecule has 3 atom stereocenters. The number of rotatable bonds is 12. The first-order valence-electron chi connectivity index (χ1n) is 11.0. The molecule has 0 aliphatic rings. The van der Waals surface area contributed by atoms with Crippen molar-refractivity contribution >= 4 is 11.8 Å². The van der Waals surface area contributed by atoms with Crippen LogP contribution in [-0.4, -0.2) is 48.2 Å². The van der Waals surface area contributed by atoms with E-state index < -0.39 is 23.5 Å². The molecule has 2 rings (SSSR count). The second-order valence-corrected chi connectivity index (χ2v) is 9.11. The number of aliphatic hydroxyl groups excluding tert-OH is 1. The Kier molecular flexibility index (Phi) is 9.84. The van der Waals surface area contributed by atoms with Crippen molar-refractivity contribution in [1.82, 2.24) is 10.6 Å². The lowest BCUT2D eigenvalue weighted by atomic mass is 9.92. The van der Waals surface area contributed by atoms with E-state index in [1.54, 1.807) is 0 Å². The summed E-state index contributed by atoms with van der Waals surface area (Å²) in [4.78, 5) is 24.6. The molecule has 32 heavy (non-hydrogen) atoms. The molecule has 7 N–H and O–H groups in total. The third kappa shape index (κ3) is 9.18. The van der Waals surface area contributed by atoms with E-state index in [0.717, 1.165) is 11.1 Å². The van der Waals surface area contributed by atoms with Crippen LogP contribution in [-0.2, 0) is 22.4 Å². The number of aliphatic hydroxyl groups is 1. The van der Waals surface area contributed by atoms with Gasteiger partial charge < -0.3 is 27.2 Å². The van der Waals surface area contributed by atoms with Crippen molar-refractivity contribution in [3.63, 3.8) is 0 Å². The SMILES string of the molecule is CC(C)(CNC(=O)CC(N)Cc1ccccc1)CNC(=O)C(O)C(N)Cc1ccccc1. The first-order valence-corrected chi connectivity index (χ1v) is 11.0. The third-order valence-corrected chi connectivity index (χ3v) is 5.28. The second-order valence-electron chi connectivity index (χ2n) is 9.11. The van der Waals surface area contributed by atoms with Gasteiger partial charge in [-0.25, -0.2) is 0 Å². The van der Waals surface area contributed by atoms with E-state index in [2.05, 4.69) is 10.6 Å². The van der Waals surface area contributed by atoms with Crippen molar-refractivity contribution in [2.24, 2.45) is 16.9 Å². The summed E-state index contributed by atoms with van der Waals surface area (Å²) in [5, 5.41) is 15.9. The molecule has 0 saturated heterocycles. The van der Waals surface area contributed by atoms with Gasteiger partial charge in [0.25, 0.3) is 0 Å². The van der Waals surface area contributed by atoms with E-state index in [-0.39, 0.29) is 24.9 Å². The van der Waals surface area contributed by atoms with Crippen molar-refractivity contribution in [2.45, 2.75) is 51.3 Å². The smallest absolute Gasteiger partial charge is 0.250 e. The van der Waals surface area contributed by atoms with Gasteiger partial charge in [-0.3, -0.25) is 9.59 Å². The summed E-state index contributed by atoms with van der Waals surface area (Å²) in [6.45, 7) is 4.51. The molecule has 2 aromatic rings. The maximum absolute atomic E-state index is 12.3. The number of benzene rings is 2. The summed E-state index contributed by atoms with van der Waals surface area (Å²) in [5.41, 5.74) is 13.8. The van der Waals surface area contributed by atoms with Crippen molar-refractivity contribution in [3.8, 4) is 0 Å². The molecule has 2 aromatic carbocycles. The Morgan fingerprint density at radius 1 is 0.875 bits per heavy atom. The highest BCUT2D eigenvalue weighted by Crippen LogP contribution is 2.13. The Labute approximate surface area is 190 Å². The van der Waals surface area contributed by atoms with E-state index in [1.807, 2.05) is 74.5 Å². The molecule has 174 valence electrons. The molecule has 0 aliphatic carbocycles. The standard InChI is InChI=1S/C25H36N4O3/c1-25(2,16-28-22(30)15-20(26)13-18-9-5-3-6-10-18)17-29-24(32)23(31)21(27)14-19-11-7-4-8-12-19/h3-12,20-21,23,31H,13-17,26-27H2,1-2H3,(H,28,30)(H,29,32). The molecular weight excluding hydrogens is 404 g/mol. The normalized spacial score (nSPS) is 14.3. The number of hydrogen-bond donors (Lipinski definition) is 5. The molecule has 0 aromatic heterocycles. The summed E-state index contributed by atoms with van der Waals surface area (Å²) in [7, 11) is 0. The molecule has 0 radical (unpaired) electrons. The van der Waals surface area contributed by atoms with Gasteiger partial charge in [-0.2, -0.15) is 0 Å². The lowest BCUT2D eigenvalue weighted by Gasteiger charge is -2.27. The lowest BCUT2D eigenvalue weighted by molar-refractivity contribution is -0.130. The van der Waals surface area contributed by atoms with Crippen LogP contribution in [0.5, 0.6) is 0 Å². The monoisotopic (exact) mass is 440 g/mol. The van der Waals surface area contributed by atoms with Gasteiger partial charge in [-0.05, 0) is 29.4 Å². The third-order valence-electron chi connectivity index (χ3n) is 5.28. The van der Waals surface area contributed by atoms with Crippen LogP contribution in [0, 0.1) is 5.41 Å². The van der Waals surface area contributed by atoms with Crippen molar-refractivity contribution in [3.05, 3.63) is 71.8 Å². The zero-order valence-electron chi connectivity index (χ0n) is 19.0. The Morgan fingerprint density at radius 2 is 1.38 bits per heavy atom. The molecule has 0 aliphatic heterocycles. The largest absolute Gasteiger partial charge is 0.382 e. The zero-order valence-corrected chi connectivity index (χ0v) is 19.0. The van der Waals surface area contributed by atoms with Gasteiger partial charge >= 0.3 is 0 Å². The summed E-state index contributed by atoms with van der Waals surface area (Å²) in [5.74, 6) is -0.643. The van der Waals surface area contributed by atoms with Gasteiger partial charge in [0.1, 0.15) is 6.10 Å². The van der Waals surface area contributed by atoms with Crippen LogP contribution < -0.4 is 22.1 Å². The van der Waals surface area contributed by atoms with Gasteiger partial charge in [0.05, 0.1) is 0 Å². The lowest BCUT2D eigenvalue weighted by Crippen LogP contribution is -2.50. The van der Waals surface area contributed by atoms with Crippen LogP contribution in [0.25, 0.3) is 0 Å². The summed E-state index contributed by atoms with van der Waals surface area (Å²) >= 11 is 0. The minimum Gasteiger partial charge on any atom is -0.382 e. The Morgan fingerprint density at radius 3 is 1.94 bits per heavy atom. The first kappa shape index (κ1) is 25.5. The zero-order chi connectivity index (χ0) is 23.6. The van der Waals surface area contributed by atoms with Gasteiger partial charge in [-0.1, -0.05) is 74.5 Å². The van der Waals surface area contributed by atoms with Crippen molar-refractivity contribution < 1.29 is 14.7 Å². The molecule has 0 fully saturated rings. The predicted octanol–water partition coefficient (Wildman–Crippen LogP) is 1.14. The summed E-state index contributed by atoms with van der Waals surface area (Å²) in [6, 6.07) is 18.3. The predicted molar refractivity (Wildman–Crippen MR) is 127 cm³/mol. The Bertz CT molecular complexity index is 843. The van der Waals surface area contributed by atoms with Crippen molar-refractivity contribution in [1.29, 1.82) is 0 Å². The fraction of sp³-hybridized carbons (Fsp3) is 0.440. The highest BCUT2D eigenvalue weighted by Gasteiger charge is 2.26. The second kappa shape index (κ2) is 12.3. The minimum atomic E-state index is -1.31. The highest BCUT2D eigenvalue weighted by atomic mass is 16.3. The Hall–Kier alpha value is -2.74. The van der Waals surface area contributed by atoms with Crippen LogP contribution in [0.4, 0.5) is 0 Å². The summed E-state index contributed by atoms with van der Waals surface area (Å²) in [6.07, 6.45) is -0.0475. The van der Waals surface area contributed by atoms with Crippen LogP contribution in [0.3, 0.4) is 0 Å². The molecule has 3 unspecified atom stereocenters. The fourth-order valence-corrected chi connectivity index (χ4v) is 3.32. The quantitative estimate of drug-likeness (QED) is 0.338. The van der Waals surface area contributed by atoms with Crippen LogP contribution in [0.15, 0.2) is 60.7 Å². The van der Waals surface area contributed by atoms with E-state index >= 15 is 0 Å².